The Bertz CT molecular complexity index is 1870. The van der Waals surface area contributed by atoms with Gasteiger partial charge < -0.3 is 28.8 Å². The van der Waals surface area contributed by atoms with Crippen LogP contribution in [-0.4, -0.2) is 91.7 Å². The molecule has 322 valence electrons. The molecule has 2 atom stereocenters. The average Bonchev–Trinajstić information content (AvgIpc) is 3.52. The van der Waals surface area contributed by atoms with Crippen LogP contribution in [0.1, 0.15) is 72.9 Å². The number of carbonyl (C=O) groups excluding carboxylic acids is 1. The van der Waals surface area contributed by atoms with E-state index in [-0.39, 0.29) is 31.7 Å². The number of benzene rings is 3. The largest absolute Gasteiger partial charge is 0.493 e. The molecule has 1 aliphatic carbocycles. The molecule has 4 rings (SSSR count). The third kappa shape index (κ3) is 14.9. The Morgan fingerprint density at radius 3 is 2.00 bits per heavy atom. The number of rotatable bonds is 23. The summed E-state index contributed by atoms with van der Waals surface area (Å²) in [6, 6.07) is 19.8. The van der Waals surface area contributed by atoms with E-state index >= 15 is 0 Å². The Balaban J connectivity index is 1.50. The fourth-order valence-electron chi connectivity index (χ4n) is 7.01. The van der Waals surface area contributed by atoms with Crippen molar-refractivity contribution in [3.63, 3.8) is 0 Å². The fourth-order valence-corrected chi connectivity index (χ4v) is 10.0. The van der Waals surface area contributed by atoms with Crippen molar-refractivity contribution < 1.29 is 42.0 Å². The lowest BCUT2D eigenvalue weighted by Gasteiger charge is -2.26. The van der Waals surface area contributed by atoms with Gasteiger partial charge in [-0.05, 0) is 116 Å². The molecule has 0 amide bonds. The number of esters is 1. The number of sulfonamides is 1. The first-order valence-corrected chi connectivity index (χ1v) is 29.6. The SMILES string of the molecule is COC(=O)CC(CS(=O)(=O)N(COCC[Si](C)(C)C)COCC[Si](C)(C)C)c1ccc(O[C@@H]2CCc3c(-c4c(C)cc(OCCC(C)(C)O)cc4C)cccc32)cc1. The molecule has 0 saturated carbocycles. The van der Waals surface area contributed by atoms with Gasteiger partial charge in [-0.25, -0.2) is 8.42 Å². The molecule has 0 spiro atoms. The van der Waals surface area contributed by atoms with Crippen LogP contribution in [0.2, 0.25) is 51.4 Å². The van der Waals surface area contributed by atoms with E-state index in [1.165, 1.54) is 28.1 Å². The van der Waals surface area contributed by atoms with E-state index in [1.807, 2.05) is 24.3 Å². The third-order valence-electron chi connectivity index (χ3n) is 10.5. The second-order valence-corrected chi connectivity index (χ2v) is 32.1. The van der Waals surface area contributed by atoms with Gasteiger partial charge in [0.15, 0.2) is 0 Å². The Kier molecular flexibility index (Phi) is 16.8. The lowest BCUT2D eigenvalue weighted by molar-refractivity contribution is -0.140. The molecule has 0 radical (unpaired) electrons. The van der Waals surface area contributed by atoms with E-state index in [2.05, 4.69) is 83.5 Å². The summed E-state index contributed by atoms with van der Waals surface area (Å²) < 4.78 is 58.8. The molecule has 1 aliphatic rings. The van der Waals surface area contributed by atoms with Crippen molar-refractivity contribution in [2.45, 2.75) is 122 Å². The van der Waals surface area contributed by atoms with Crippen molar-refractivity contribution >= 4 is 32.1 Å². The molecule has 1 unspecified atom stereocenters. The Morgan fingerprint density at radius 1 is 0.879 bits per heavy atom. The molecule has 3 aromatic rings. The molecule has 0 aliphatic heterocycles. The number of hydrogen-bond donors (Lipinski definition) is 1. The Labute approximate surface area is 350 Å². The maximum atomic E-state index is 14.0. The third-order valence-corrected chi connectivity index (χ3v) is 15.7. The summed E-state index contributed by atoms with van der Waals surface area (Å²) in [6.07, 6.45) is 2.00. The zero-order valence-electron chi connectivity index (χ0n) is 36.9. The minimum absolute atomic E-state index is 0.0950. The minimum atomic E-state index is -3.91. The van der Waals surface area contributed by atoms with Gasteiger partial charge in [0.25, 0.3) is 0 Å². The maximum Gasteiger partial charge on any atom is 0.306 e. The van der Waals surface area contributed by atoms with Crippen molar-refractivity contribution in [3.8, 4) is 22.6 Å². The number of fused-ring (bicyclic) bond motifs is 1. The van der Waals surface area contributed by atoms with Crippen LogP contribution in [0.25, 0.3) is 11.1 Å². The minimum Gasteiger partial charge on any atom is -0.493 e. The molecular weight excluding hydrogens is 787 g/mol. The topological polar surface area (TPSA) is 121 Å². The van der Waals surface area contributed by atoms with Gasteiger partial charge in [-0.15, -0.1) is 0 Å². The van der Waals surface area contributed by atoms with Gasteiger partial charge in [0.1, 0.15) is 31.1 Å². The van der Waals surface area contributed by atoms with Crippen LogP contribution in [0.5, 0.6) is 11.5 Å². The average molecular weight is 856 g/mol. The highest BCUT2D eigenvalue weighted by Gasteiger charge is 2.31. The van der Waals surface area contributed by atoms with E-state index in [9.17, 15) is 18.3 Å². The Hall–Kier alpha value is -3.05. The van der Waals surface area contributed by atoms with Crippen LogP contribution < -0.4 is 9.47 Å². The van der Waals surface area contributed by atoms with Crippen LogP contribution in [-0.2, 0) is 35.4 Å². The number of ether oxygens (including phenoxy) is 5. The summed E-state index contributed by atoms with van der Waals surface area (Å²) in [4.78, 5) is 12.6. The summed E-state index contributed by atoms with van der Waals surface area (Å²) in [5, 5.41) is 10.1. The number of methoxy groups -OCH3 is 1. The van der Waals surface area contributed by atoms with Crippen LogP contribution in [0.15, 0.2) is 54.6 Å². The first-order chi connectivity index (χ1) is 27.0. The maximum absolute atomic E-state index is 14.0. The van der Waals surface area contributed by atoms with Crippen molar-refractivity contribution in [2.75, 3.05) is 46.1 Å². The predicted molar refractivity (Wildman–Crippen MR) is 239 cm³/mol. The summed E-state index contributed by atoms with van der Waals surface area (Å²) in [6.45, 7) is 22.5. The van der Waals surface area contributed by atoms with E-state index in [0.717, 1.165) is 47.4 Å². The number of hydrogen-bond acceptors (Lipinski definition) is 9. The highest BCUT2D eigenvalue weighted by Crippen LogP contribution is 2.42. The van der Waals surface area contributed by atoms with Crippen LogP contribution >= 0.6 is 0 Å². The van der Waals surface area contributed by atoms with E-state index in [4.69, 9.17) is 23.7 Å². The lowest BCUT2D eigenvalue weighted by Crippen LogP contribution is -2.39. The second-order valence-electron chi connectivity index (χ2n) is 18.8. The van der Waals surface area contributed by atoms with Gasteiger partial charge >= 0.3 is 5.97 Å². The molecule has 3 aromatic carbocycles. The normalized spacial score (nSPS) is 15.4. The fraction of sp³-hybridized carbons (Fsp3) is 0.578. The van der Waals surface area contributed by atoms with E-state index < -0.39 is 43.7 Å². The van der Waals surface area contributed by atoms with E-state index in [1.54, 1.807) is 13.8 Å². The lowest BCUT2D eigenvalue weighted by atomic mass is 9.90. The van der Waals surface area contributed by atoms with Gasteiger partial charge in [0, 0.05) is 41.7 Å². The standard InChI is InChI=1S/C45H69NO9SSi2/c1-33-27-38(54-22-21-45(3,4)48)28-34(2)44(33)41-14-12-13-40-39(41)19-20-42(40)55-37-17-15-35(16-18-37)36(29-43(47)51-5)30-56(49,50)46(31-52-23-25-57(6,7)8)32-53-24-26-58(9,10)11/h12-18,27-28,36,42,48H,19-26,29-32H2,1-11H3/t36?,42-/m1/s1. The van der Waals surface area contributed by atoms with Crippen LogP contribution in [0.4, 0.5) is 0 Å². The van der Waals surface area contributed by atoms with Gasteiger partial charge in [-0.1, -0.05) is 69.6 Å². The zero-order chi connectivity index (χ0) is 42.9. The molecule has 1 N–H and O–H groups in total. The van der Waals surface area contributed by atoms with Crippen molar-refractivity contribution in [1.29, 1.82) is 0 Å². The summed E-state index contributed by atoms with van der Waals surface area (Å²) in [5.41, 5.74) is 6.99. The molecule has 0 aromatic heterocycles. The summed E-state index contributed by atoms with van der Waals surface area (Å²) in [5.74, 6) is 0.0226. The Morgan fingerprint density at radius 2 is 1.47 bits per heavy atom. The van der Waals surface area contributed by atoms with Crippen LogP contribution in [0, 0.1) is 13.8 Å². The highest BCUT2D eigenvalue weighted by molar-refractivity contribution is 7.89. The number of nitrogens with zero attached hydrogens (tertiary/aromatic N) is 1. The van der Waals surface area contributed by atoms with Gasteiger partial charge in [-0.3, -0.25) is 4.79 Å². The van der Waals surface area contributed by atoms with Crippen molar-refractivity contribution in [3.05, 3.63) is 82.4 Å². The first kappa shape index (κ1) is 47.6. The smallest absolute Gasteiger partial charge is 0.306 e. The van der Waals surface area contributed by atoms with E-state index in [0.29, 0.717) is 37.6 Å². The predicted octanol–water partition coefficient (Wildman–Crippen LogP) is 9.48. The number of aryl methyl sites for hydroxylation is 2. The molecule has 0 saturated heterocycles. The number of aliphatic hydroxyl groups is 1. The van der Waals surface area contributed by atoms with Crippen molar-refractivity contribution in [1.82, 2.24) is 4.31 Å². The zero-order valence-corrected chi connectivity index (χ0v) is 39.7. The first-order valence-electron chi connectivity index (χ1n) is 20.6. The molecule has 13 heteroatoms. The highest BCUT2D eigenvalue weighted by atomic mass is 32.2. The monoisotopic (exact) mass is 855 g/mol. The molecule has 0 heterocycles. The molecule has 0 fully saturated rings. The summed E-state index contributed by atoms with van der Waals surface area (Å²) in [7, 11) is -5.35. The molecule has 0 bridgehead atoms. The molecule has 10 nitrogen and oxygen atoms in total. The van der Waals surface area contributed by atoms with Gasteiger partial charge in [-0.2, -0.15) is 4.31 Å². The molecular formula is C45H69NO9SSi2. The number of carbonyl (C=O) groups is 1. The van der Waals surface area contributed by atoms with Gasteiger partial charge in [0.2, 0.25) is 10.0 Å². The molecule has 58 heavy (non-hydrogen) atoms. The van der Waals surface area contributed by atoms with Gasteiger partial charge in [0.05, 0.1) is 31.5 Å². The quantitative estimate of drug-likeness (QED) is 0.0431. The second kappa shape index (κ2) is 20.5. The van der Waals surface area contributed by atoms with Crippen LogP contribution in [0.3, 0.4) is 0 Å². The van der Waals surface area contributed by atoms with Crippen molar-refractivity contribution in [2.24, 2.45) is 0 Å². The summed E-state index contributed by atoms with van der Waals surface area (Å²) >= 11 is 0.